The molecule has 8 heteroatoms. The number of carbonyl (C=O) groups excluding carboxylic acids is 2. The number of nitrogens with one attached hydrogen (secondary N) is 1. The van der Waals surface area contributed by atoms with Gasteiger partial charge in [-0.05, 0) is 55.0 Å². The fraction of sp³-hybridized carbons (Fsp3) is 0.240. The first kappa shape index (κ1) is 22.6. The third-order valence-corrected chi connectivity index (χ3v) is 5.78. The normalized spacial score (nSPS) is 13.5. The highest BCUT2D eigenvalue weighted by Crippen LogP contribution is 2.19. The molecule has 0 spiro atoms. The Morgan fingerprint density at radius 1 is 1.00 bits per heavy atom. The molecule has 0 saturated carbocycles. The van der Waals surface area contributed by atoms with Gasteiger partial charge in [-0.15, -0.1) is 0 Å². The lowest BCUT2D eigenvalue weighted by molar-refractivity contribution is -0.133. The minimum Gasteiger partial charge on any atom is -0.484 e. The van der Waals surface area contributed by atoms with Crippen molar-refractivity contribution in [3.05, 3.63) is 83.0 Å². The van der Waals surface area contributed by atoms with Crippen LogP contribution < -0.4 is 15.0 Å². The van der Waals surface area contributed by atoms with Gasteiger partial charge in [0.15, 0.2) is 6.61 Å². The molecule has 2 aromatic carbocycles. The van der Waals surface area contributed by atoms with Crippen molar-refractivity contribution < 1.29 is 14.3 Å². The van der Waals surface area contributed by atoms with Gasteiger partial charge >= 0.3 is 0 Å². The fourth-order valence-corrected chi connectivity index (χ4v) is 3.75. The fourth-order valence-electron chi connectivity index (χ4n) is 3.63. The maximum atomic E-state index is 12.5. The highest BCUT2D eigenvalue weighted by molar-refractivity contribution is 6.30. The summed E-state index contributed by atoms with van der Waals surface area (Å²) in [4.78, 5) is 33.4. The van der Waals surface area contributed by atoms with Gasteiger partial charge in [-0.3, -0.25) is 9.59 Å². The van der Waals surface area contributed by atoms with Crippen molar-refractivity contribution in [2.45, 2.75) is 6.92 Å². The number of ether oxygens (including phenoxy) is 1. The van der Waals surface area contributed by atoms with Gasteiger partial charge in [0.1, 0.15) is 11.6 Å². The lowest BCUT2D eigenvalue weighted by atomic mass is 10.1. The summed E-state index contributed by atoms with van der Waals surface area (Å²) >= 11 is 5.86. The molecule has 1 aliphatic rings. The Balaban J connectivity index is 1.26. The Bertz CT molecular complexity index is 1110. The number of anilines is 2. The molecule has 1 saturated heterocycles. The SMILES string of the molecule is Cc1ccccc1C(=O)Nc1ccc(N2CCN(C(=O)COc3ccc(Cl)cc3)CC2)nc1. The molecule has 2 amide bonds. The Hall–Kier alpha value is -3.58. The maximum Gasteiger partial charge on any atom is 0.260 e. The van der Waals surface area contributed by atoms with Crippen molar-refractivity contribution in [1.82, 2.24) is 9.88 Å². The van der Waals surface area contributed by atoms with E-state index in [-0.39, 0.29) is 18.4 Å². The van der Waals surface area contributed by atoms with E-state index in [0.717, 1.165) is 11.4 Å². The van der Waals surface area contributed by atoms with Crippen LogP contribution in [-0.2, 0) is 4.79 Å². The minimum atomic E-state index is -0.157. The van der Waals surface area contributed by atoms with Crippen LogP contribution in [0.15, 0.2) is 66.9 Å². The van der Waals surface area contributed by atoms with Gasteiger partial charge in [0.2, 0.25) is 0 Å². The molecule has 1 N–H and O–H groups in total. The number of pyridine rings is 1. The van der Waals surface area contributed by atoms with Gasteiger partial charge in [-0.2, -0.15) is 0 Å². The molecular formula is C25H25ClN4O3. The van der Waals surface area contributed by atoms with Gasteiger partial charge in [0.05, 0.1) is 11.9 Å². The third-order valence-electron chi connectivity index (χ3n) is 5.53. The molecular weight excluding hydrogens is 440 g/mol. The van der Waals surface area contributed by atoms with Crippen LogP contribution in [0.4, 0.5) is 11.5 Å². The second-order valence-corrected chi connectivity index (χ2v) is 8.22. The quantitative estimate of drug-likeness (QED) is 0.596. The maximum absolute atomic E-state index is 12.5. The largest absolute Gasteiger partial charge is 0.484 e. The van der Waals surface area contributed by atoms with Crippen molar-refractivity contribution >= 4 is 34.9 Å². The number of hydrogen-bond acceptors (Lipinski definition) is 5. The zero-order valence-corrected chi connectivity index (χ0v) is 19.1. The van der Waals surface area contributed by atoms with E-state index >= 15 is 0 Å². The zero-order chi connectivity index (χ0) is 23.2. The van der Waals surface area contributed by atoms with E-state index in [1.807, 2.05) is 37.3 Å². The zero-order valence-electron chi connectivity index (χ0n) is 18.3. The third kappa shape index (κ3) is 5.81. The lowest BCUT2D eigenvalue weighted by Crippen LogP contribution is -2.50. The number of piperazine rings is 1. The summed E-state index contributed by atoms with van der Waals surface area (Å²) in [7, 11) is 0. The van der Waals surface area contributed by atoms with Crippen LogP contribution in [-0.4, -0.2) is 54.5 Å². The molecule has 170 valence electrons. The van der Waals surface area contributed by atoms with E-state index in [9.17, 15) is 9.59 Å². The number of amides is 2. The summed E-state index contributed by atoms with van der Waals surface area (Å²) in [5.74, 6) is 1.22. The van der Waals surface area contributed by atoms with Gasteiger partial charge in [-0.25, -0.2) is 4.98 Å². The van der Waals surface area contributed by atoms with Gasteiger partial charge in [0, 0.05) is 36.8 Å². The van der Waals surface area contributed by atoms with Crippen LogP contribution >= 0.6 is 11.6 Å². The van der Waals surface area contributed by atoms with Crippen molar-refractivity contribution in [3.8, 4) is 5.75 Å². The average Bonchev–Trinajstić information content (AvgIpc) is 2.84. The highest BCUT2D eigenvalue weighted by atomic mass is 35.5. The molecule has 0 radical (unpaired) electrons. The molecule has 2 heterocycles. The number of aryl methyl sites for hydroxylation is 1. The van der Waals surface area contributed by atoms with Crippen LogP contribution in [0.1, 0.15) is 15.9 Å². The van der Waals surface area contributed by atoms with Gasteiger partial charge < -0.3 is 19.9 Å². The summed E-state index contributed by atoms with van der Waals surface area (Å²) in [6.45, 7) is 4.44. The van der Waals surface area contributed by atoms with Gasteiger partial charge in [-0.1, -0.05) is 29.8 Å². The predicted octanol–water partition coefficient (Wildman–Crippen LogP) is 4.02. The Kier molecular flexibility index (Phi) is 7.10. The first-order chi connectivity index (χ1) is 16.0. The smallest absolute Gasteiger partial charge is 0.260 e. The van der Waals surface area contributed by atoms with Gasteiger partial charge in [0.25, 0.3) is 11.8 Å². The summed E-state index contributed by atoms with van der Waals surface area (Å²) in [5, 5.41) is 3.51. The van der Waals surface area contributed by atoms with Crippen LogP contribution in [0.3, 0.4) is 0 Å². The van der Waals surface area contributed by atoms with Crippen LogP contribution in [0.25, 0.3) is 0 Å². The molecule has 33 heavy (non-hydrogen) atoms. The number of carbonyl (C=O) groups is 2. The standard InChI is InChI=1S/C25H25ClN4O3/c1-18-4-2-3-5-22(18)25(32)28-20-8-11-23(27-16-20)29-12-14-30(15-13-29)24(31)17-33-21-9-6-19(26)7-10-21/h2-11,16H,12-15,17H2,1H3,(H,28,32). The average molecular weight is 465 g/mol. The molecule has 3 aromatic rings. The topological polar surface area (TPSA) is 74.8 Å². The molecule has 4 rings (SSSR count). The van der Waals surface area contributed by atoms with Crippen LogP contribution in [0.2, 0.25) is 5.02 Å². The van der Waals surface area contributed by atoms with Crippen LogP contribution in [0.5, 0.6) is 5.75 Å². The summed E-state index contributed by atoms with van der Waals surface area (Å²) in [6.07, 6.45) is 1.66. The van der Waals surface area contributed by atoms with Crippen molar-refractivity contribution in [1.29, 1.82) is 0 Å². The summed E-state index contributed by atoms with van der Waals surface area (Å²) in [6, 6.07) is 18.1. The number of aromatic nitrogens is 1. The van der Waals surface area contributed by atoms with Crippen molar-refractivity contribution in [2.75, 3.05) is 43.0 Å². The highest BCUT2D eigenvalue weighted by Gasteiger charge is 2.22. The van der Waals surface area contributed by atoms with E-state index < -0.39 is 0 Å². The number of nitrogens with zero attached hydrogens (tertiary/aromatic N) is 3. The molecule has 7 nitrogen and oxygen atoms in total. The number of benzene rings is 2. The minimum absolute atomic E-state index is 0.00480. The van der Waals surface area contributed by atoms with E-state index in [1.54, 1.807) is 41.4 Å². The number of hydrogen-bond donors (Lipinski definition) is 1. The Labute approximate surface area is 197 Å². The van der Waals surface area contributed by atoms with E-state index in [0.29, 0.717) is 48.2 Å². The molecule has 0 bridgehead atoms. The summed E-state index contributed by atoms with van der Waals surface area (Å²) < 4.78 is 5.56. The van der Waals surface area contributed by atoms with E-state index in [1.165, 1.54) is 0 Å². The lowest BCUT2D eigenvalue weighted by Gasteiger charge is -2.35. The molecule has 0 unspecified atom stereocenters. The molecule has 1 aliphatic heterocycles. The molecule has 0 atom stereocenters. The van der Waals surface area contributed by atoms with Crippen molar-refractivity contribution in [3.63, 3.8) is 0 Å². The van der Waals surface area contributed by atoms with Crippen LogP contribution in [0, 0.1) is 6.92 Å². The molecule has 0 aliphatic carbocycles. The van der Waals surface area contributed by atoms with E-state index in [4.69, 9.17) is 16.3 Å². The number of halogens is 1. The number of rotatable bonds is 6. The Morgan fingerprint density at radius 3 is 2.39 bits per heavy atom. The molecule has 1 fully saturated rings. The van der Waals surface area contributed by atoms with Crippen molar-refractivity contribution in [2.24, 2.45) is 0 Å². The second-order valence-electron chi connectivity index (χ2n) is 7.78. The first-order valence-corrected chi connectivity index (χ1v) is 11.1. The Morgan fingerprint density at radius 2 is 1.73 bits per heavy atom. The summed E-state index contributed by atoms with van der Waals surface area (Å²) in [5.41, 5.74) is 2.20. The predicted molar refractivity (Wildman–Crippen MR) is 129 cm³/mol. The molecule has 1 aromatic heterocycles. The first-order valence-electron chi connectivity index (χ1n) is 10.7. The van der Waals surface area contributed by atoms with E-state index in [2.05, 4.69) is 15.2 Å². The monoisotopic (exact) mass is 464 g/mol. The second kappa shape index (κ2) is 10.4.